The number of Topliss-reactive ketones (excluding diaryl/α,β-unsaturated/α-hetero) is 1. The van der Waals surface area contributed by atoms with Crippen molar-refractivity contribution in [2.24, 2.45) is 0 Å². The first-order valence-corrected chi connectivity index (χ1v) is 10.3. The first kappa shape index (κ1) is 19.3. The van der Waals surface area contributed by atoms with Crippen LogP contribution < -0.4 is 5.32 Å². The highest BCUT2D eigenvalue weighted by atomic mass is 32.2. The van der Waals surface area contributed by atoms with E-state index in [0.717, 1.165) is 12.0 Å². The number of aryl methyl sites for hydroxylation is 2. The van der Waals surface area contributed by atoms with Gasteiger partial charge in [0.1, 0.15) is 0 Å². The van der Waals surface area contributed by atoms with Crippen molar-refractivity contribution < 1.29 is 9.59 Å². The molecule has 1 aromatic heterocycles. The largest absolute Gasteiger partial charge is 0.296 e. The van der Waals surface area contributed by atoms with E-state index in [1.165, 1.54) is 28.7 Å². The Bertz CT molecular complexity index is 935. The van der Waals surface area contributed by atoms with Crippen LogP contribution in [0.15, 0.2) is 52.9 Å². The number of carbonyl (C=O) groups excluding carboxylic acids is 2. The van der Waals surface area contributed by atoms with Gasteiger partial charge in [0.05, 0.1) is 5.75 Å². The molecular weight excluding hydrogens is 378 g/mol. The molecule has 3 rings (SSSR count). The van der Waals surface area contributed by atoms with Crippen LogP contribution in [0.4, 0.5) is 5.13 Å². The van der Waals surface area contributed by atoms with Gasteiger partial charge in [-0.15, -0.1) is 10.2 Å². The molecule has 0 atom stereocenters. The second-order valence-corrected chi connectivity index (χ2v) is 8.16. The number of ketones is 1. The van der Waals surface area contributed by atoms with Crippen LogP contribution in [-0.2, 0) is 6.42 Å². The molecule has 1 heterocycles. The minimum atomic E-state index is -0.221. The third-order valence-electron chi connectivity index (χ3n) is 3.95. The van der Waals surface area contributed by atoms with Gasteiger partial charge >= 0.3 is 0 Å². The highest BCUT2D eigenvalue weighted by Gasteiger charge is 2.12. The smallest absolute Gasteiger partial charge is 0.257 e. The molecular formula is C20H19N3O2S2. The number of amides is 1. The molecule has 27 heavy (non-hydrogen) atoms. The SMILES string of the molecule is CCc1ccc(C(=O)Nc2nnc(SCC(=O)c3ccc(C)cc3)s2)cc1. The molecule has 5 nitrogen and oxygen atoms in total. The molecule has 0 aliphatic carbocycles. The van der Waals surface area contributed by atoms with E-state index in [0.29, 0.717) is 20.6 Å². The van der Waals surface area contributed by atoms with E-state index < -0.39 is 0 Å². The van der Waals surface area contributed by atoms with Gasteiger partial charge in [-0.05, 0) is 31.0 Å². The van der Waals surface area contributed by atoms with Crippen molar-refractivity contribution in [3.05, 3.63) is 70.8 Å². The quantitative estimate of drug-likeness (QED) is 0.357. The van der Waals surface area contributed by atoms with Crippen LogP contribution >= 0.6 is 23.1 Å². The average molecular weight is 398 g/mol. The summed E-state index contributed by atoms with van der Waals surface area (Å²) in [4.78, 5) is 24.5. The molecule has 1 N–H and O–H groups in total. The highest BCUT2D eigenvalue weighted by Crippen LogP contribution is 2.26. The lowest BCUT2D eigenvalue weighted by molar-refractivity contribution is 0.101. The maximum absolute atomic E-state index is 12.3. The van der Waals surface area contributed by atoms with Crippen LogP contribution in [0.3, 0.4) is 0 Å². The molecule has 1 amide bonds. The molecule has 3 aromatic rings. The van der Waals surface area contributed by atoms with Gasteiger partial charge in [0.2, 0.25) is 5.13 Å². The number of nitrogens with one attached hydrogen (secondary N) is 1. The van der Waals surface area contributed by atoms with Crippen molar-refractivity contribution in [1.29, 1.82) is 0 Å². The van der Waals surface area contributed by atoms with E-state index in [-0.39, 0.29) is 17.4 Å². The number of hydrogen-bond acceptors (Lipinski definition) is 6. The van der Waals surface area contributed by atoms with Crippen molar-refractivity contribution in [2.45, 2.75) is 24.6 Å². The third-order valence-corrected chi connectivity index (χ3v) is 5.92. The Morgan fingerprint density at radius 1 is 1.00 bits per heavy atom. The maximum Gasteiger partial charge on any atom is 0.257 e. The summed E-state index contributed by atoms with van der Waals surface area (Å²) >= 11 is 2.58. The lowest BCUT2D eigenvalue weighted by atomic mass is 10.1. The molecule has 138 valence electrons. The molecule has 0 spiro atoms. The summed E-state index contributed by atoms with van der Waals surface area (Å²) in [5, 5.41) is 11.2. The van der Waals surface area contributed by atoms with Crippen molar-refractivity contribution in [3.8, 4) is 0 Å². The van der Waals surface area contributed by atoms with Gasteiger partial charge in [0, 0.05) is 11.1 Å². The lowest BCUT2D eigenvalue weighted by Gasteiger charge is -2.02. The molecule has 0 unspecified atom stereocenters. The Morgan fingerprint density at radius 2 is 1.67 bits per heavy atom. The first-order chi connectivity index (χ1) is 13.0. The Balaban J connectivity index is 1.55. The van der Waals surface area contributed by atoms with Crippen LogP contribution in [-0.4, -0.2) is 27.6 Å². The zero-order valence-corrected chi connectivity index (χ0v) is 16.7. The molecule has 0 fully saturated rings. The summed E-state index contributed by atoms with van der Waals surface area (Å²) in [7, 11) is 0. The fraction of sp³-hybridized carbons (Fsp3) is 0.200. The summed E-state index contributed by atoms with van der Waals surface area (Å²) in [5.41, 5.74) is 3.56. The van der Waals surface area contributed by atoms with Gasteiger partial charge in [-0.3, -0.25) is 14.9 Å². The standard InChI is InChI=1S/C20H19N3O2S2/c1-3-14-6-10-16(11-7-14)18(25)21-19-22-23-20(27-19)26-12-17(24)15-8-4-13(2)5-9-15/h4-11H,3,12H2,1-2H3,(H,21,22,25). The van der Waals surface area contributed by atoms with Crippen LogP contribution in [0.5, 0.6) is 0 Å². The minimum Gasteiger partial charge on any atom is -0.296 e. The summed E-state index contributed by atoms with van der Waals surface area (Å²) in [5.74, 6) is 0.0994. The summed E-state index contributed by atoms with van der Waals surface area (Å²) in [6.07, 6.45) is 0.931. The number of aromatic nitrogens is 2. The molecule has 0 aliphatic rings. The van der Waals surface area contributed by atoms with E-state index in [1.54, 1.807) is 12.1 Å². The zero-order valence-electron chi connectivity index (χ0n) is 15.1. The van der Waals surface area contributed by atoms with E-state index in [1.807, 2.05) is 43.3 Å². The van der Waals surface area contributed by atoms with Gasteiger partial charge in [0.25, 0.3) is 5.91 Å². The molecule has 0 aliphatic heterocycles. The van der Waals surface area contributed by atoms with E-state index in [9.17, 15) is 9.59 Å². The number of carbonyl (C=O) groups is 2. The fourth-order valence-electron chi connectivity index (χ4n) is 2.33. The van der Waals surface area contributed by atoms with Crippen molar-refractivity contribution in [2.75, 3.05) is 11.1 Å². The van der Waals surface area contributed by atoms with Crippen molar-refractivity contribution in [3.63, 3.8) is 0 Å². The summed E-state index contributed by atoms with van der Waals surface area (Å²) in [6, 6.07) is 15.0. The number of benzene rings is 2. The number of nitrogens with zero attached hydrogens (tertiary/aromatic N) is 2. The predicted octanol–water partition coefficient (Wildman–Crippen LogP) is 4.64. The Morgan fingerprint density at radius 3 is 2.33 bits per heavy atom. The van der Waals surface area contributed by atoms with Crippen molar-refractivity contribution in [1.82, 2.24) is 10.2 Å². The second kappa shape index (κ2) is 8.92. The van der Waals surface area contributed by atoms with Gasteiger partial charge in [0.15, 0.2) is 10.1 Å². The van der Waals surface area contributed by atoms with Gasteiger partial charge in [-0.25, -0.2) is 0 Å². The molecule has 2 aromatic carbocycles. The Kier molecular flexibility index (Phi) is 6.36. The first-order valence-electron chi connectivity index (χ1n) is 8.51. The monoisotopic (exact) mass is 397 g/mol. The Labute approximate surface area is 166 Å². The number of thioether (sulfide) groups is 1. The maximum atomic E-state index is 12.3. The number of hydrogen-bond donors (Lipinski definition) is 1. The number of anilines is 1. The van der Waals surface area contributed by atoms with E-state index in [4.69, 9.17) is 0 Å². The molecule has 7 heteroatoms. The second-order valence-electron chi connectivity index (χ2n) is 5.96. The van der Waals surface area contributed by atoms with E-state index in [2.05, 4.69) is 22.4 Å². The number of rotatable bonds is 7. The van der Waals surface area contributed by atoms with Gasteiger partial charge < -0.3 is 0 Å². The highest BCUT2D eigenvalue weighted by molar-refractivity contribution is 8.01. The van der Waals surface area contributed by atoms with Crippen LogP contribution in [0.1, 0.15) is 38.8 Å². The summed E-state index contributed by atoms with van der Waals surface area (Å²) < 4.78 is 0.645. The average Bonchev–Trinajstić information content (AvgIpc) is 3.14. The topological polar surface area (TPSA) is 72.0 Å². The van der Waals surface area contributed by atoms with Gasteiger partial charge in [-0.1, -0.05) is 72.0 Å². The van der Waals surface area contributed by atoms with Crippen LogP contribution in [0.25, 0.3) is 0 Å². The molecule has 0 radical (unpaired) electrons. The predicted molar refractivity (Wildman–Crippen MR) is 110 cm³/mol. The molecule has 0 saturated heterocycles. The summed E-state index contributed by atoms with van der Waals surface area (Å²) in [6.45, 7) is 4.05. The fourth-order valence-corrected chi connectivity index (χ4v) is 3.97. The molecule has 0 saturated carbocycles. The van der Waals surface area contributed by atoms with Crippen molar-refractivity contribution >= 4 is 39.9 Å². The van der Waals surface area contributed by atoms with Crippen LogP contribution in [0, 0.1) is 6.92 Å². The normalized spacial score (nSPS) is 10.6. The zero-order chi connectivity index (χ0) is 19.2. The van der Waals surface area contributed by atoms with Crippen LogP contribution in [0.2, 0.25) is 0 Å². The van der Waals surface area contributed by atoms with E-state index >= 15 is 0 Å². The van der Waals surface area contributed by atoms with Gasteiger partial charge in [-0.2, -0.15) is 0 Å². The molecule has 0 bridgehead atoms. The lowest BCUT2D eigenvalue weighted by Crippen LogP contribution is -2.11. The Hall–Kier alpha value is -2.51. The third kappa shape index (κ3) is 5.24. The minimum absolute atomic E-state index is 0.0387.